The van der Waals surface area contributed by atoms with Crippen LogP contribution in [-0.4, -0.2) is 21.3 Å². The molecule has 0 saturated carbocycles. The number of aromatic nitrogens is 2. The van der Waals surface area contributed by atoms with Crippen LogP contribution in [0.3, 0.4) is 0 Å². The number of rotatable bonds is 4. The van der Waals surface area contributed by atoms with Crippen LogP contribution in [0, 0.1) is 0 Å². The van der Waals surface area contributed by atoms with E-state index in [1.165, 1.54) is 0 Å². The van der Waals surface area contributed by atoms with Gasteiger partial charge in [0.05, 0.1) is 26.0 Å². The third-order valence-corrected chi connectivity index (χ3v) is 4.66. The minimum atomic E-state index is 0.144. The molecule has 0 aliphatic heterocycles. The monoisotopic (exact) mass is 326 g/mol. The molecule has 0 atom stereocenters. The van der Waals surface area contributed by atoms with Gasteiger partial charge in [-0.15, -0.1) is 11.3 Å². The maximum absolute atomic E-state index is 9.08. The van der Waals surface area contributed by atoms with E-state index in [9.17, 15) is 0 Å². The van der Waals surface area contributed by atoms with E-state index in [4.69, 9.17) is 28.3 Å². The summed E-state index contributed by atoms with van der Waals surface area (Å²) in [6.45, 7) is 0.836. The Hall–Kier alpha value is -1.07. The Kier molecular flexibility index (Phi) is 3.98. The van der Waals surface area contributed by atoms with Gasteiger partial charge in [0.25, 0.3) is 0 Å². The summed E-state index contributed by atoms with van der Waals surface area (Å²) in [5, 5.41) is 12.1. The van der Waals surface area contributed by atoms with Gasteiger partial charge in [-0.1, -0.05) is 29.3 Å². The second-order valence-corrected chi connectivity index (χ2v) is 6.16. The predicted molar refractivity (Wildman–Crippen MR) is 84.8 cm³/mol. The number of fused-ring (bicyclic) bond motifs is 1. The van der Waals surface area contributed by atoms with Gasteiger partial charge in [0.15, 0.2) is 5.82 Å². The average molecular weight is 327 g/mol. The molecule has 3 aromatic rings. The van der Waals surface area contributed by atoms with Crippen LogP contribution in [-0.2, 0) is 6.54 Å². The maximum Gasteiger partial charge on any atom is 0.151 e. The summed E-state index contributed by atoms with van der Waals surface area (Å²) in [7, 11) is 0. The number of aryl methyl sites for hydroxylation is 1. The Balaban J connectivity index is 2.22. The van der Waals surface area contributed by atoms with Gasteiger partial charge in [0.2, 0.25) is 0 Å². The maximum atomic E-state index is 9.08. The summed E-state index contributed by atoms with van der Waals surface area (Å²) >= 11 is 13.8. The molecule has 1 N–H and O–H groups in total. The van der Waals surface area contributed by atoms with Crippen LogP contribution in [0.5, 0.6) is 0 Å². The Morgan fingerprint density at radius 2 is 2.05 bits per heavy atom. The van der Waals surface area contributed by atoms with Gasteiger partial charge < -0.3 is 9.67 Å². The lowest BCUT2D eigenvalue weighted by Crippen LogP contribution is -2.01. The summed E-state index contributed by atoms with van der Waals surface area (Å²) in [6, 6.07) is 7.65. The number of aliphatic hydroxyl groups is 1. The van der Waals surface area contributed by atoms with Gasteiger partial charge >= 0.3 is 0 Å². The zero-order valence-electron chi connectivity index (χ0n) is 10.5. The largest absolute Gasteiger partial charge is 0.396 e. The van der Waals surface area contributed by atoms with E-state index in [0.29, 0.717) is 23.0 Å². The normalized spacial score (nSPS) is 11.3. The quantitative estimate of drug-likeness (QED) is 0.768. The van der Waals surface area contributed by atoms with Crippen LogP contribution in [0.4, 0.5) is 0 Å². The smallest absolute Gasteiger partial charge is 0.151 e. The number of benzene rings is 1. The highest BCUT2D eigenvalue weighted by Crippen LogP contribution is 2.32. The lowest BCUT2D eigenvalue weighted by Gasteiger charge is -2.07. The van der Waals surface area contributed by atoms with Crippen molar-refractivity contribution in [2.75, 3.05) is 6.61 Å². The van der Waals surface area contributed by atoms with Crippen molar-refractivity contribution < 1.29 is 5.11 Å². The van der Waals surface area contributed by atoms with Gasteiger partial charge in [0.1, 0.15) is 0 Å². The summed E-state index contributed by atoms with van der Waals surface area (Å²) in [4.78, 5) is 5.75. The van der Waals surface area contributed by atoms with Crippen LogP contribution in [0.15, 0.2) is 29.6 Å². The number of thiophene rings is 1. The van der Waals surface area contributed by atoms with Gasteiger partial charge in [0, 0.05) is 13.2 Å². The van der Waals surface area contributed by atoms with E-state index in [2.05, 4.69) is 9.55 Å². The predicted octanol–water partition coefficient (Wildman–Crippen LogP) is 4.45. The number of hydrogen-bond donors (Lipinski definition) is 1. The average Bonchev–Trinajstić information content (AvgIpc) is 3.05. The Morgan fingerprint density at radius 3 is 2.75 bits per heavy atom. The fraction of sp³-hybridized carbons (Fsp3) is 0.214. The second-order valence-electron chi connectivity index (χ2n) is 4.40. The third-order valence-electron chi connectivity index (χ3n) is 3.07. The number of aliphatic hydroxyl groups excluding tert-OH is 1. The summed E-state index contributed by atoms with van der Waals surface area (Å²) in [5.74, 6) is 0.891. The highest BCUT2D eigenvalue weighted by molar-refractivity contribution is 7.13. The fourth-order valence-corrected chi connectivity index (χ4v) is 3.21. The molecule has 1 aromatic carbocycles. The standard InChI is InChI=1S/C14H12Cl2N2OS/c15-9-7-11-12(8-10(9)16)18(4-2-5-19)14(17-11)13-3-1-6-20-13/h1,3,6-8,19H,2,4-5H2. The molecule has 3 rings (SSSR count). The van der Waals surface area contributed by atoms with Crippen LogP contribution in [0.2, 0.25) is 10.0 Å². The SMILES string of the molecule is OCCCn1c(-c2cccs2)nc2cc(Cl)c(Cl)cc21. The molecule has 0 amide bonds. The molecule has 0 bridgehead atoms. The molecule has 6 heteroatoms. The minimum absolute atomic E-state index is 0.144. The topological polar surface area (TPSA) is 38.0 Å². The van der Waals surface area contributed by atoms with E-state index < -0.39 is 0 Å². The molecule has 0 spiro atoms. The first-order valence-electron chi connectivity index (χ1n) is 6.20. The fourth-order valence-electron chi connectivity index (χ4n) is 2.17. The van der Waals surface area contributed by atoms with Crippen molar-refractivity contribution in [2.45, 2.75) is 13.0 Å². The molecule has 2 heterocycles. The molecule has 20 heavy (non-hydrogen) atoms. The Bertz CT molecular complexity index is 737. The molecule has 0 aliphatic carbocycles. The van der Waals surface area contributed by atoms with Crippen molar-refractivity contribution in [1.29, 1.82) is 0 Å². The van der Waals surface area contributed by atoms with Crippen LogP contribution in [0.1, 0.15) is 6.42 Å². The van der Waals surface area contributed by atoms with Gasteiger partial charge in [-0.2, -0.15) is 0 Å². The van der Waals surface area contributed by atoms with Crippen molar-refractivity contribution in [3.8, 4) is 10.7 Å². The summed E-state index contributed by atoms with van der Waals surface area (Å²) < 4.78 is 2.08. The number of hydrogen-bond acceptors (Lipinski definition) is 3. The lowest BCUT2D eigenvalue weighted by molar-refractivity contribution is 0.281. The van der Waals surface area contributed by atoms with E-state index in [-0.39, 0.29) is 6.61 Å². The number of imidazole rings is 1. The van der Waals surface area contributed by atoms with Crippen molar-refractivity contribution >= 4 is 45.6 Å². The highest BCUT2D eigenvalue weighted by atomic mass is 35.5. The number of nitrogens with zero attached hydrogens (tertiary/aromatic N) is 2. The van der Waals surface area contributed by atoms with E-state index >= 15 is 0 Å². The van der Waals surface area contributed by atoms with Crippen molar-refractivity contribution in [1.82, 2.24) is 9.55 Å². The summed E-state index contributed by atoms with van der Waals surface area (Å²) in [5.41, 5.74) is 1.76. The van der Waals surface area contributed by atoms with E-state index in [0.717, 1.165) is 21.7 Å². The molecule has 0 aliphatic rings. The van der Waals surface area contributed by atoms with Crippen LogP contribution >= 0.6 is 34.5 Å². The molecule has 0 unspecified atom stereocenters. The lowest BCUT2D eigenvalue weighted by atomic mass is 10.3. The first kappa shape index (κ1) is 13.9. The van der Waals surface area contributed by atoms with Gasteiger partial charge in [-0.25, -0.2) is 4.98 Å². The molecule has 0 radical (unpaired) electrons. The van der Waals surface area contributed by atoms with Crippen molar-refractivity contribution in [2.24, 2.45) is 0 Å². The third kappa shape index (κ3) is 2.44. The molecule has 0 saturated heterocycles. The first-order valence-corrected chi connectivity index (χ1v) is 7.84. The molecule has 104 valence electrons. The van der Waals surface area contributed by atoms with Gasteiger partial charge in [-0.05, 0) is 30.0 Å². The van der Waals surface area contributed by atoms with Crippen LogP contribution < -0.4 is 0 Å². The van der Waals surface area contributed by atoms with Crippen molar-refractivity contribution in [3.05, 3.63) is 39.7 Å². The highest BCUT2D eigenvalue weighted by Gasteiger charge is 2.14. The van der Waals surface area contributed by atoms with Gasteiger partial charge in [-0.3, -0.25) is 0 Å². The van der Waals surface area contributed by atoms with Crippen LogP contribution in [0.25, 0.3) is 21.7 Å². The molecule has 2 aromatic heterocycles. The number of halogens is 2. The summed E-state index contributed by atoms with van der Waals surface area (Å²) in [6.07, 6.45) is 0.671. The zero-order valence-corrected chi connectivity index (χ0v) is 12.8. The Morgan fingerprint density at radius 1 is 1.25 bits per heavy atom. The Labute approximate surface area is 130 Å². The van der Waals surface area contributed by atoms with E-state index in [1.54, 1.807) is 17.4 Å². The van der Waals surface area contributed by atoms with E-state index in [1.807, 2.05) is 23.6 Å². The molecular weight excluding hydrogens is 315 g/mol. The van der Waals surface area contributed by atoms with Crippen molar-refractivity contribution in [3.63, 3.8) is 0 Å². The molecular formula is C14H12Cl2N2OS. The zero-order chi connectivity index (χ0) is 14.1. The second kappa shape index (κ2) is 5.74. The molecule has 0 fully saturated rings. The molecule has 3 nitrogen and oxygen atoms in total. The first-order chi connectivity index (χ1) is 9.70. The minimum Gasteiger partial charge on any atom is -0.396 e.